The summed E-state index contributed by atoms with van der Waals surface area (Å²) < 4.78 is 5.59. The van der Waals surface area contributed by atoms with Crippen LogP contribution in [-0.2, 0) is 14.3 Å². The summed E-state index contributed by atoms with van der Waals surface area (Å²) in [7, 11) is 0. The molecule has 0 saturated carbocycles. The van der Waals surface area contributed by atoms with Crippen molar-refractivity contribution in [2.24, 2.45) is 5.92 Å². The van der Waals surface area contributed by atoms with Crippen molar-refractivity contribution >= 4 is 18.0 Å². The number of piperidine rings is 1. The molecule has 1 unspecified atom stereocenters. The van der Waals surface area contributed by atoms with Gasteiger partial charge in [-0.05, 0) is 47.9 Å². The first-order valence-corrected chi connectivity index (χ1v) is 12.0. The molecule has 0 spiro atoms. The summed E-state index contributed by atoms with van der Waals surface area (Å²) in [6.45, 7) is 0.697. The molecule has 8 heteroatoms. The predicted octanol–water partition coefficient (Wildman–Crippen LogP) is 3.91. The molecule has 2 aromatic carbocycles. The molecule has 4 rings (SSSR count). The number of carbonyl (C=O) groups excluding carboxylic acids is 2. The molecule has 1 fully saturated rings. The maximum atomic E-state index is 13.2. The first-order chi connectivity index (χ1) is 17.0. The molecule has 182 valence electrons. The number of nitrogens with one attached hydrogen (secondary N) is 1. The number of hydrogen-bond donors (Lipinski definition) is 2. The third kappa shape index (κ3) is 5.46. The topological polar surface area (TPSA) is 120 Å². The number of nitrogens with zero attached hydrogens (tertiary/aromatic N) is 2. The Kier molecular flexibility index (Phi) is 7.66. The zero-order chi connectivity index (χ0) is 24.8. The fraction of sp³-hybridized carbons (Fsp3) is 0.407. The molecule has 0 radical (unpaired) electrons. The van der Waals surface area contributed by atoms with E-state index >= 15 is 0 Å². The van der Waals surface area contributed by atoms with Crippen molar-refractivity contribution < 1.29 is 24.2 Å². The largest absolute Gasteiger partial charge is 0.481 e. The first kappa shape index (κ1) is 24.3. The van der Waals surface area contributed by atoms with Gasteiger partial charge in [0.05, 0.1) is 12.0 Å². The first-order valence-electron chi connectivity index (χ1n) is 12.0. The Bertz CT molecular complexity index is 1100. The molecule has 2 aliphatic rings. The highest BCUT2D eigenvalue weighted by atomic mass is 16.5. The highest BCUT2D eigenvalue weighted by Crippen LogP contribution is 2.44. The van der Waals surface area contributed by atoms with Gasteiger partial charge in [0.25, 0.3) is 0 Å². The summed E-state index contributed by atoms with van der Waals surface area (Å²) in [5.74, 6) is -1.96. The van der Waals surface area contributed by atoms with Gasteiger partial charge >= 0.3 is 12.1 Å². The SMILES string of the molecule is N#CCCCC(NC(=O)OCC1c2ccccc2-c2ccccc21)C(=O)N1CCC[C@@H](C(=O)O)C1. The van der Waals surface area contributed by atoms with Gasteiger partial charge in [0.15, 0.2) is 0 Å². The number of ether oxygens (including phenoxy) is 1. The van der Waals surface area contributed by atoms with Crippen molar-refractivity contribution in [2.45, 2.75) is 44.1 Å². The number of carboxylic acids is 1. The number of likely N-dealkylation sites (tertiary alicyclic amines) is 1. The Morgan fingerprint density at radius 2 is 1.77 bits per heavy atom. The van der Waals surface area contributed by atoms with Crippen molar-refractivity contribution in [3.63, 3.8) is 0 Å². The van der Waals surface area contributed by atoms with Gasteiger partial charge in [0, 0.05) is 25.4 Å². The van der Waals surface area contributed by atoms with E-state index in [0.717, 1.165) is 22.3 Å². The summed E-state index contributed by atoms with van der Waals surface area (Å²) in [5.41, 5.74) is 4.44. The van der Waals surface area contributed by atoms with Crippen LogP contribution in [0.25, 0.3) is 11.1 Å². The third-order valence-corrected chi connectivity index (χ3v) is 6.80. The Balaban J connectivity index is 1.41. The minimum atomic E-state index is -0.923. The van der Waals surface area contributed by atoms with Crippen LogP contribution < -0.4 is 5.32 Å². The van der Waals surface area contributed by atoms with Gasteiger partial charge < -0.3 is 20.1 Å². The van der Waals surface area contributed by atoms with E-state index in [9.17, 15) is 19.5 Å². The molecule has 8 nitrogen and oxygen atoms in total. The lowest BCUT2D eigenvalue weighted by atomic mass is 9.97. The highest BCUT2D eigenvalue weighted by molar-refractivity contribution is 5.86. The molecule has 2 N–H and O–H groups in total. The van der Waals surface area contributed by atoms with Crippen LogP contribution in [0.3, 0.4) is 0 Å². The van der Waals surface area contributed by atoms with Gasteiger partial charge in [-0.3, -0.25) is 9.59 Å². The van der Waals surface area contributed by atoms with Gasteiger partial charge in [-0.2, -0.15) is 5.26 Å². The van der Waals surface area contributed by atoms with Crippen molar-refractivity contribution in [1.82, 2.24) is 10.2 Å². The normalized spacial score (nSPS) is 17.6. The lowest BCUT2D eigenvalue weighted by Gasteiger charge is -2.33. The van der Waals surface area contributed by atoms with Crippen molar-refractivity contribution in [3.05, 3.63) is 59.7 Å². The van der Waals surface area contributed by atoms with Gasteiger partial charge in [-0.1, -0.05) is 48.5 Å². The van der Waals surface area contributed by atoms with Gasteiger partial charge in [0.1, 0.15) is 12.6 Å². The number of hydrogen-bond acceptors (Lipinski definition) is 5. The Labute approximate surface area is 204 Å². The Hall–Kier alpha value is -3.86. The van der Waals surface area contributed by atoms with Crippen LogP contribution >= 0.6 is 0 Å². The summed E-state index contributed by atoms with van der Waals surface area (Å²) in [6.07, 6.45) is 1.40. The van der Waals surface area contributed by atoms with Crippen LogP contribution in [0.2, 0.25) is 0 Å². The van der Waals surface area contributed by atoms with E-state index < -0.39 is 24.0 Å². The molecule has 1 heterocycles. The maximum absolute atomic E-state index is 13.2. The summed E-state index contributed by atoms with van der Waals surface area (Å²) in [4.78, 5) is 38.8. The smallest absolute Gasteiger partial charge is 0.407 e. The minimum Gasteiger partial charge on any atom is -0.481 e. The summed E-state index contributed by atoms with van der Waals surface area (Å²) in [5, 5.41) is 20.9. The van der Waals surface area contributed by atoms with Crippen LogP contribution in [0.15, 0.2) is 48.5 Å². The lowest BCUT2D eigenvalue weighted by molar-refractivity contribution is -0.146. The van der Waals surface area contributed by atoms with Crippen LogP contribution in [0.5, 0.6) is 0 Å². The average Bonchev–Trinajstić information content (AvgIpc) is 3.20. The standard InChI is InChI=1S/C27H29N3O5/c28-14-6-5-13-24(25(31)30-15-7-8-18(16-30)26(32)33)29-27(34)35-17-23-21-11-3-1-9-19(21)20-10-2-4-12-22(20)23/h1-4,9-12,18,23-24H,5-8,13,15-17H2,(H,29,34)(H,32,33)/t18-,24?/m1/s1. The minimum absolute atomic E-state index is 0.0979. The van der Waals surface area contributed by atoms with Crippen molar-refractivity contribution in [1.29, 1.82) is 5.26 Å². The van der Waals surface area contributed by atoms with Crippen LogP contribution in [-0.4, -0.2) is 53.7 Å². The fourth-order valence-corrected chi connectivity index (χ4v) is 5.02. The number of amides is 2. The van der Waals surface area contributed by atoms with Crippen LogP contribution in [0.4, 0.5) is 4.79 Å². The third-order valence-electron chi connectivity index (χ3n) is 6.80. The van der Waals surface area contributed by atoms with Gasteiger partial charge in [-0.25, -0.2) is 4.79 Å². The lowest BCUT2D eigenvalue weighted by Crippen LogP contribution is -2.52. The van der Waals surface area contributed by atoms with Gasteiger partial charge in [0.2, 0.25) is 5.91 Å². The van der Waals surface area contributed by atoms with E-state index in [0.29, 0.717) is 25.8 Å². The Morgan fingerprint density at radius 1 is 1.11 bits per heavy atom. The van der Waals surface area contributed by atoms with E-state index in [2.05, 4.69) is 23.5 Å². The monoisotopic (exact) mass is 475 g/mol. The van der Waals surface area contributed by atoms with Gasteiger partial charge in [-0.15, -0.1) is 0 Å². The van der Waals surface area contributed by atoms with E-state index in [4.69, 9.17) is 10.00 Å². The number of alkyl carbamates (subject to hydrolysis) is 1. The number of fused-ring (bicyclic) bond motifs is 3. The number of benzene rings is 2. The van der Waals surface area contributed by atoms with Crippen molar-refractivity contribution in [2.75, 3.05) is 19.7 Å². The molecule has 0 bridgehead atoms. The molecule has 2 amide bonds. The number of rotatable bonds is 8. The van der Waals surface area contributed by atoms with Crippen LogP contribution in [0, 0.1) is 17.2 Å². The van der Waals surface area contributed by atoms with Crippen LogP contribution in [0.1, 0.15) is 49.1 Å². The zero-order valence-electron chi connectivity index (χ0n) is 19.5. The van der Waals surface area contributed by atoms with E-state index in [-0.39, 0.29) is 37.8 Å². The fourth-order valence-electron chi connectivity index (χ4n) is 5.02. The predicted molar refractivity (Wildman–Crippen MR) is 128 cm³/mol. The van der Waals surface area contributed by atoms with E-state index in [1.807, 2.05) is 36.4 Å². The maximum Gasteiger partial charge on any atom is 0.407 e. The van der Waals surface area contributed by atoms with Crippen molar-refractivity contribution in [3.8, 4) is 17.2 Å². The molecular formula is C27H29N3O5. The quantitative estimate of drug-likeness (QED) is 0.559. The molecule has 2 atom stereocenters. The summed E-state index contributed by atoms with van der Waals surface area (Å²) >= 11 is 0. The highest BCUT2D eigenvalue weighted by Gasteiger charge is 2.33. The second-order valence-corrected chi connectivity index (χ2v) is 9.03. The van der Waals surface area contributed by atoms with E-state index in [1.54, 1.807) is 0 Å². The number of aliphatic carboxylic acids is 1. The number of carbonyl (C=O) groups is 3. The molecule has 2 aromatic rings. The number of nitriles is 1. The number of carboxylic acid groups (broad SMARTS) is 1. The summed E-state index contributed by atoms with van der Waals surface area (Å²) in [6, 6.07) is 17.3. The molecular weight excluding hydrogens is 446 g/mol. The van der Waals surface area contributed by atoms with E-state index in [1.165, 1.54) is 4.90 Å². The Morgan fingerprint density at radius 3 is 2.40 bits per heavy atom. The molecule has 1 aliphatic carbocycles. The second-order valence-electron chi connectivity index (χ2n) is 9.03. The molecule has 0 aromatic heterocycles. The average molecular weight is 476 g/mol. The molecule has 1 aliphatic heterocycles. The second kappa shape index (κ2) is 11.0. The zero-order valence-corrected chi connectivity index (χ0v) is 19.5. The molecule has 1 saturated heterocycles. The number of unbranched alkanes of at least 4 members (excludes halogenated alkanes) is 1. The molecule has 35 heavy (non-hydrogen) atoms.